The molecule has 2 aliphatic rings. The zero-order valence-electron chi connectivity index (χ0n) is 17.5. The van der Waals surface area contributed by atoms with Crippen LogP contribution in [0.1, 0.15) is 62.2 Å². The molecule has 0 spiro atoms. The lowest BCUT2D eigenvalue weighted by Gasteiger charge is -2.32. The van der Waals surface area contributed by atoms with E-state index in [9.17, 15) is 23.1 Å². The first-order valence-corrected chi connectivity index (χ1v) is 10.7. The molecule has 2 fully saturated rings. The van der Waals surface area contributed by atoms with E-state index < -0.39 is 30.9 Å². The van der Waals surface area contributed by atoms with E-state index in [1.165, 1.54) is 6.20 Å². The second-order valence-corrected chi connectivity index (χ2v) is 8.56. The van der Waals surface area contributed by atoms with Gasteiger partial charge in [-0.1, -0.05) is 6.92 Å². The van der Waals surface area contributed by atoms with Crippen LogP contribution in [0.5, 0.6) is 0 Å². The van der Waals surface area contributed by atoms with Gasteiger partial charge in [-0.15, -0.1) is 0 Å². The van der Waals surface area contributed by atoms with Crippen LogP contribution >= 0.6 is 0 Å². The highest BCUT2D eigenvalue weighted by Crippen LogP contribution is 2.28. The summed E-state index contributed by atoms with van der Waals surface area (Å²) in [6, 6.07) is -0.0383. The predicted molar refractivity (Wildman–Crippen MR) is 109 cm³/mol. The van der Waals surface area contributed by atoms with Crippen molar-refractivity contribution in [1.82, 2.24) is 9.97 Å². The Bertz CT molecular complexity index is 756. The molecule has 31 heavy (non-hydrogen) atoms. The summed E-state index contributed by atoms with van der Waals surface area (Å²) in [4.78, 5) is 20.4. The van der Waals surface area contributed by atoms with E-state index in [2.05, 4.69) is 20.6 Å². The topological polar surface area (TPSA) is 122 Å². The SMILES string of the molecule is C[C@@H]1CC[C@@H](Nc2nc(NC3CCC(OCC(F)(F)F)CC3)ncc2C(N)=O)C[C@H]1O. The molecule has 1 aromatic heterocycles. The van der Waals surface area contributed by atoms with Gasteiger partial charge in [0.05, 0.1) is 17.8 Å². The van der Waals surface area contributed by atoms with E-state index in [0.29, 0.717) is 43.9 Å². The number of rotatable bonds is 7. The number of anilines is 2. The van der Waals surface area contributed by atoms with E-state index in [1.54, 1.807) is 0 Å². The van der Waals surface area contributed by atoms with Gasteiger partial charge in [0.2, 0.25) is 5.95 Å². The van der Waals surface area contributed by atoms with E-state index in [-0.39, 0.29) is 23.6 Å². The zero-order valence-corrected chi connectivity index (χ0v) is 17.5. The molecule has 3 rings (SSSR count). The third-order valence-electron chi connectivity index (χ3n) is 6.04. The maximum atomic E-state index is 12.3. The minimum absolute atomic E-state index is 0.00429. The smallest absolute Gasteiger partial charge is 0.393 e. The van der Waals surface area contributed by atoms with Gasteiger partial charge in [0.1, 0.15) is 12.4 Å². The number of amides is 1. The fourth-order valence-corrected chi connectivity index (χ4v) is 4.13. The number of hydrogen-bond acceptors (Lipinski definition) is 7. The molecule has 0 aromatic carbocycles. The summed E-state index contributed by atoms with van der Waals surface area (Å²) in [5.74, 6) is 0.212. The van der Waals surface area contributed by atoms with Gasteiger partial charge in [-0.3, -0.25) is 4.79 Å². The Labute approximate surface area is 179 Å². The Morgan fingerprint density at radius 3 is 2.48 bits per heavy atom. The minimum atomic E-state index is -4.32. The third kappa shape index (κ3) is 6.93. The Hall–Kier alpha value is -2.14. The summed E-state index contributed by atoms with van der Waals surface area (Å²) in [5.41, 5.74) is 5.62. The first-order valence-electron chi connectivity index (χ1n) is 10.7. The number of nitrogens with zero attached hydrogens (tertiary/aromatic N) is 2. The molecule has 174 valence electrons. The Kier molecular flexibility index (Phi) is 7.58. The number of alkyl halides is 3. The fraction of sp³-hybridized carbons (Fsp3) is 0.750. The molecule has 11 heteroatoms. The van der Waals surface area contributed by atoms with Crippen molar-refractivity contribution in [2.24, 2.45) is 11.7 Å². The number of hydrogen-bond donors (Lipinski definition) is 4. The third-order valence-corrected chi connectivity index (χ3v) is 6.04. The number of aromatic nitrogens is 2. The van der Waals surface area contributed by atoms with E-state index >= 15 is 0 Å². The molecular weight excluding hydrogens is 415 g/mol. The maximum Gasteiger partial charge on any atom is 0.411 e. The molecule has 5 N–H and O–H groups in total. The molecule has 8 nitrogen and oxygen atoms in total. The van der Waals surface area contributed by atoms with Crippen LogP contribution in [0.15, 0.2) is 6.20 Å². The van der Waals surface area contributed by atoms with Crippen LogP contribution in [-0.2, 0) is 4.74 Å². The second-order valence-electron chi connectivity index (χ2n) is 8.56. The highest BCUT2D eigenvalue weighted by Gasteiger charge is 2.31. The monoisotopic (exact) mass is 445 g/mol. The number of aliphatic hydroxyl groups excluding tert-OH is 1. The standard InChI is InChI=1S/C20H30F3N5O3/c1-11-2-3-13(8-16(11)29)26-18-15(17(24)30)9-25-19(28-18)27-12-4-6-14(7-5-12)31-10-20(21,22)23/h9,11-14,16,29H,2-8,10H2,1H3,(H2,24,30)(H2,25,26,27,28)/t11-,12?,13-,14?,16-/m1/s1. The molecule has 0 radical (unpaired) electrons. The largest absolute Gasteiger partial charge is 0.411 e. The van der Waals surface area contributed by atoms with Gasteiger partial charge in [-0.2, -0.15) is 18.2 Å². The molecule has 3 atom stereocenters. The number of nitrogens with one attached hydrogen (secondary N) is 2. The van der Waals surface area contributed by atoms with Gasteiger partial charge in [0.25, 0.3) is 5.91 Å². The Morgan fingerprint density at radius 2 is 1.87 bits per heavy atom. The lowest BCUT2D eigenvalue weighted by atomic mass is 9.85. The molecule has 1 heterocycles. The van der Waals surface area contributed by atoms with E-state index in [4.69, 9.17) is 10.5 Å². The zero-order chi connectivity index (χ0) is 22.6. The molecule has 0 saturated heterocycles. The average Bonchev–Trinajstić information content (AvgIpc) is 2.70. The van der Waals surface area contributed by atoms with Crippen LogP contribution < -0.4 is 16.4 Å². The Morgan fingerprint density at radius 1 is 1.19 bits per heavy atom. The number of primary amides is 1. The Balaban J connectivity index is 1.58. The average molecular weight is 445 g/mol. The van der Waals surface area contributed by atoms with Crippen LogP contribution in [0.4, 0.5) is 24.9 Å². The number of carbonyl (C=O) groups is 1. The molecule has 2 aliphatic carbocycles. The van der Waals surface area contributed by atoms with Crippen LogP contribution in [-0.4, -0.2) is 58.1 Å². The van der Waals surface area contributed by atoms with Crippen molar-refractivity contribution in [2.75, 3.05) is 17.2 Å². The summed E-state index contributed by atoms with van der Waals surface area (Å²) in [7, 11) is 0. The van der Waals surface area contributed by atoms with Crippen LogP contribution in [0.2, 0.25) is 0 Å². The van der Waals surface area contributed by atoms with Crippen LogP contribution in [0.3, 0.4) is 0 Å². The number of carbonyl (C=O) groups excluding carboxylic acids is 1. The lowest BCUT2D eigenvalue weighted by Crippen LogP contribution is -2.36. The van der Waals surface area contributed by atoms with Gasteiger partial charge >= 0.3 is 6.18 Å². The number of aliphatic hydroxyl groups is 1. The first-order chi connectivity index (χ1) is 14.6. The van der Waals surface area contributed by atoms with E-state index in [0.717, 1.165) is 12.8 Å². The maximum absolute atomic E-state index is 12.3. The van der Waals surface area contributed by atoms with Crippen molar-refractivity contribution in [3.05, 3.63) is 11.8 Å². The van der Waals surface area contributed by atoms with Crippen molar-refractivity contribution < 1.29 is 27.8 Å². The summed E-state index contributed by atoms with van der Waals surface area (Å²) in [5, 5.41) is 16.5. The van der Waals surface area contributed by atoms with Crippen molar-refractivity contribution in [1.29, 1.82) is 0 Å². The second kappa shape index (κ2) is 9.99. The number of halogens is 3. The minimum Gasteiger partial charge on any atom is -0.393 e. The van der Waals surface area contributed by atoms with Gasteiger partial charge in [-0.05, 0) is 50.9 Å². The van der Waals surface area contributed by atoms with Gasteiger partial charge in [0, 0.05) is 18.3 Å². The predicted octanol–water partition coefficient (Wildman–Crippen LogP) is 2.84. The highest BCUT2D eigenvalue weighted by molar-refractivity contribution is 5.97. The molecule has 1 amide bonds. The molecule has 1 aromatic rings. The normalized spacial score (nSPS) is 29.4. The van der Waals surface area contributed by atoms with Crippen LogP contribution in [0.25, 0.3) is 0 Å². The van der Waals surface area contributed by atoms with Gasteiger partial charge in [0.15, 0.2) is 0 Å². The first kappa shape index (κ1) is 23.5. The molecule has 0 aliphatic heterocycles. The quantitative estimate of drug-likeness (QED) is 0.509. The van der Waals surface area contributed by atoms with Crippen molar-refractivity contribution >= 4 is 17.7 Å². The summed E-state index contributed by atoms with van der Waals surface area (Å²) < 4.78 is 41.9. The molecule has 0 unspecified atom stereocenters. The van der Waals surface area contributed by atoms with Crippen molar-refractivity contribution in [2.45, 2.75) is 82.3 Å². The summed E-state index contributed by atoms with van der Waals surface area (Å²) >= 11 is 0. The number of nitrogens with two attached hydrogens (primary N) is 1. The van der Waals surface area contributed by atoms with Gasteiger partial charge in [-0.25, -0.2) is 4.98 Å². The molecule has 2 saturated carbocycles. The number of ether oxygens (including phenoxy) is 1. The highest BCUT2D eigenvalue weighted by atomic mass is 19.4. The van der Waals surface area contributed by atoms with Gasteiger partial charge < -0.3 is 26.2 Å². The van der Waals surface area contributed by atoms with E-state index in [1.807, 2.05) is 6.92 Å². The lowest BCUT2D eigenvalue weighted by molar-refractivity contribution is -0.187. The van der Waals surface area contributed by atoms with Crippen LogP contribution in [0, 0.1) is 5.92 Å². The van der Waals surface area contributed by atoms with Crippen molar-refractivity contribution in [3.63, 3.8) is 0 Å². The van der Waals surface area contributed by atoms with Crippen molar-refractivity contribution in [3.8, 4) is 0 Å². The summed E-state index contributed by atoms with van der Waals surface area (Å²) in [6.45, 7) is 0.780. The molecular formula is C20H30F3N5O3. The summed E-state index contributed by atoms with van der Waals surface area (Å²) in [6.07, 6.45) is 0.735. The molecule has 0 bridgehead atoms. The fourth-order valence-electron chi connectivity index (χ4n) is 4.13.